The molecule has 134 valence electrons. The molecule has 3 N–H and O–H groups in total. The third kappa shape index (κ3) is 4.83. The Hall–Kier alpha value is -2.81. The van der Waals surface area contributed by atoms with Crippen LogP contribution in [0.4, 0.5) is 5.13 Å². The van der Waals surface area contributed by atoms with Crippen LogP contribution in [-0.4, -0.2) is 38.1 Å². The van der Waals surface area contributed by atoms with Gasteiger partial charge in [-0.2, -0.15) is 0 Å². The molecule has 1 aromatic carbocycles. The van der Waals surface area contributed by atoms with Crippen molar-refractivity contribution in [1.82, 2.24) is 4.98 Å². The lowest BCUT2D eigenvalue weighted by atomic mass is 10.1. The molecule has 0 saturated carbocycles. The van der Waals surface area contributed by atoms with Gasteiger partial charge in [-0.25, -0.2) is 4.98 Å². The van der Waals surface area contributed by atoms with Gasteiger partial charge in [0.05, 0.1) is 39.9 Å². The standard InChI is InChI=1S/C16H19N3O5S/c1-22-11-4-9(5-12(23-2)15(11)24-3)6-14(21)19-16-18-10(8-25-16)7-13(17)20/h4-5,8H,6-7H2,1-3H3,(H2,17,20)(H,18,19,21). The quantitative estimate of drug-likeness (QED) is 0.731. The second kappa shape index (κ2) is 8.34. The van der Waals surface area contributed by atoms with Crippen LogP contribution in [0.1, 0.15) is 11.3 Å². The first kappa shape index (κ1) is 18.5. The average Bonchev–Trinajstić information content (AvgIpc) is 2.99. The molecule has 0 unspecified atom stereocenters. The fourth-order valence-corrected chi connectivity index (χ4v) is 2.94. The Morgan fingerprint density at radius 3 is 2.28 bits per heavy atom. The molecule has 2 aromatic rings. The summed E-state index contributed by atoms with van der Waals surface area (Å²) in [5.41, 5.74) is 6.34. The average molecular weight is 365 g/mol. The molecule has 1 heterocycles. The molecular weight excluding hydrogens is 346 g/mol. The van der Waals surface area contributed by atoms with Crippen molar-refractivity contribution in [1.29, 1.82) is 0 Å². The van der Waals surface area contributed by atoms with Gasteiger partial charge in [0.25, 0.3) is 0 Å². The molecule has 0 radical (unpaired) electrons. The highest BCUT2D eigenvalue weighted by Gasteiger charge is 2.15. The highest BCUT2D eigenvalue weighted by atomic mass is 32.1. The van der Waals surface area contributed by atoms with Gasteiger partial charge in [0.2, 0.25) is 17.6 Å². The van der Waals surface area contributed by atoms with E-state index in [0.717, 1.165) is 0 Å². The number of amides is 2. The lowest BCUT2D eigenvalue weighted by Gasteiger charge is -2.13. The molecule has 0 spiro atoms. The molecule has 0 aliphatic carbocycles. The minimum Gasteiger partial charge on any atom is -0.493 e. The monoisotopic (exact) mass is 365 g/mol. The largest absolute Gasteiger partial charge is 0.493 e. The van der Waals surface area contributed by atoms with E-state index in [4.69, 9.17) is 19.9 Å². The summed E-state index contributed by atoms with van der Waals surface area (Å²) in [5, 5.41) is 4.78. The topological polar surface area (TPSA) is 113 Å². The molecule has 0 aliphatic rings. The van der Waals surface area contributed by atoms with Crippen LogP contribution in [0.2, 0.25) is 0 Å². The summed E-state index contributed by atoms with van der Waals surface area (Å²) < 4.78 is 15.8. The van der Waals surface area contributed by atoms with Crippen LogP contribution in [0.5, 0.6) is 17.2 Å². The fourth-order valence-electron chi connectivity index (χ4n) is 2.21. The predicted octanol–water partition coefficient (Wildman–Crippen LogP) is 1.38. The van der Waals surface area contributed by atoms with Crippen molar-refractivity contribution in [2.75, 3.05) is 26.6 Å². The molecule has 9 heteroatoms. The Morgan fingerprint density at radius 1 is 1.12 bits per heavy atom. The van der Waals surface area contributed by atoms with E-state index >= 15 is 0 Å². The third-order valence-electron chi connectivity index (χ3n) is 3.24. The molecule has 0 aliphatic heterocycles. The number of primary amides is 1. The van der Waals surface area contributed by atoms with E-state index in [0.29, 0.717) is 33.6 Å². The summed E-state index contributed by atoms with van der Waals surface area (Å²) in [6.07, 6.45) is 0.140. The smallest absolute Gasteiger partial charge is 0.230 e. The van der Waals surface area contributed by atoms with Crippen LogP contribution in [-0.2, 0) is 22.4 Å². The molecule has 2 rings (SSSR count). The summed E-state index contributed by atoms with van der Waals surface area (Å²) >= 11 is 1.23. The number of carbonyl (C=O) groups is 2. The first-order valence-electron chi connectivity index (χ1n) is 7.28. The van der Waals surface area contributed by atoms with Crippen LogP contribution in [0, 0.1) is 0 Å². The van der Waals surface area contributed by atoms with Crippen LogP contribution in [0.25, 0.3) is 0 Å². The Balaban J connectivity index is 2.09. The first-order valence-corrected chi connectivity index (χ1v) is 8.16. The summed E-state index contributed by atoms with van der Waals surface area (Å²) in [6, 6.07) is 3.42. The number of nitrogens with zero attached hydrogens (tertiary/aromatic N) is 1. The number of rotatable bonds is 8. The van der Waals surface area contributed by atoms with Gasteiger partial charge in [0, 0.05) is 5.38 Å². The van der Waals surface area contributed by atoms with E-state index < -0.39 is 5.91 Å². The van der Waals surface area contributed by atoms with E-state index in [-0.39, 0.29) is 18.7 Å². The molecule has 0 saturated heterocycles. The van der Waals surface area contributed by atoms with E-state index in [2.05, 4.69) is 10.3 Å². The number of benzene rings is 1. The van der Waals surface area contributed by atoms with Crippen LogP contribution >= 0.6 is 11.3 Å². The maximum atomic E-state index is 12.2. The highest BCUT2D eigenvalue weighted by Crippen LogP contribution is 2.38. The van der Waals surface area contributed by atoms with Crippen molar-refractivity contribution in [3.05, 3.63) is 28.8 Å². The minimum atomic E-state index is -0.472. The van der Waals surface area contributed by atoms with E-state index in [9.17, 15) is 9.59 Å². The van der Waals surface area contributed by atoms with Crippen LogP contribution < -0.4 is 25.3 Å². The molecule has 25 heavy (non-hydrogen) atoms. The van der Waals surface area contributed by atoms with Gasteiger partial charge in [-0.15, -0.1) is 11.3 Å². The lowest BCUT2D eigenvalue weighted by Crippen LogP contribution is -2.15. The fraction of sp³-hybridized carbons (Fsp3) is 0.312. The summed E-state index contributed by atoms with van der Waals surface area (Å²) in [4.78, 5) is 27.2. The zero-order valence-electron chi connectivity index (χ0n) is 14.1. The molecular formula is C16H19N3O5S. The Labute approximate surface area is 148 Å². The molecule has 1 aromatic heterocycles. The maximum Gasteiger partial charge on any atom is 0.230 e. The van der Waals surface area contributed by atoms with E-state index in [1.807, 2.05) is 0 Å². The minimum absolute atomic E-state index is 0.0409. The van der Waals surface area contributed by atoms with Gasteiger partial charge in [-0.1, -0.05) is 0 Å². The van der Waals surface area contributed by atoms with Gasteiger partial charge in [-0.3, -0.25) is 9.59 Å². The normalized spacial score (nSPS) is 10.2. The van der Waals surface area contributed by atoms with Crippen molar-refractivity contribution >= 4 is 28.3 Å². The van der Waals surface area contributed by atoms with E-state index in [1.165, 1.54) is 32.7 Å². The number of nitrogens with two attached hydrogens (primary N) is 1. The number of carbonyl (C=O) groups excluding carboxylic acids is 2. The van der Waals surface area contributed by atoms with Gasteiger partial charge >= 0.3 is 0 Å². The predicted molar refractivity (Wildman–Crippen MR) is 93.4 cm³/mol. The van der Waals surface area contributed by atoms with Crippen LogP contribution in [0.15, 0.2) is 17.5 Å². The number of thiazole rings is 1. The summed E-state index contributed by atoms with van der Waals surface area (Å²) in [6.45, 7) is 0. The zero-order chi connectivity index (χ0) is 18.4. The SMILES string of the molecule is COc1cc(CC(=O)Nc2nc(CC(N)=O)cs2)cc(OC)c1OC. The number of ether oxygens (including phenoxy) is 3. The zero-order valence-corrected chi connectivity index (χ0v) is 14.9. The second-order valence-corrected chi connectivity index (χ2v) is 5.90. The van der Waals surface area contributed by atoms with Crippen LogP contribution in [0.3, 0.4) is 0 Å². The van der Waals surface area contributed by atoms with Gasteiger partial charge in [0.15, 0.2) is 16.6 Å². The van der Waals surface area contributed by atoms with E-state index in [1.54, 1.807) is 17.5 Å². The third-order valence-corrected chi connectivity index (χ3v) is 4.05. The van der Waals surface area contributed by atoms with Crippen molar-refractivity contribution in [3.8, 4) is 17.2 Å². The molecule has 0 fully saturated rings. The number of nitrogens with one attached hydrogen (secondary N) is 1. The molecule has 0 bridgehead atoms. The Morgan fingerprint density at radius 2 is 1.76 bits per heavy atom. The van der Waals surface area contributed by atoms with Crippen molar-refractivity contribution < 1.29 is 23.8 Å². The lowest BCUT2D eigenvalue weighted by molar-refractivity contribution is -0.117. The Kier molecular flexibility index (Phi) is 6.18. The van der Waals surface area contributed by atoms with Gasteiger partial charge in [0.1, 0.15) is 0 Å². The van der Waals surface area contributed by atoms with Crippen molar-refractivity contribution in [2.45, 2.75) is 12.8 Å². The first-order chi connectivity index (χ1) is 12.0. The number of methoxy groups -OCH3 is 3. The van der Waals surface area contributed by atoms with Crippen molar-refractivity contribution in [3.63, 3.8) is 0 Å². The van der Waals surface area contributed by atoms with Gasteiger partial charge < -0.3 is 25.3 Å². The second-order valence-electron chi connectivity index (χ2n) is 5.05. The number of hydrogen-bond donors (Lipinski definition) is 2. The maximum absolute atomic E-state index is 12.2. The Bertz CT molecular complexity index is 750. The number of aromatic nitrogens is 1. The summed E-state index contributed by atoms with van der Waals surface area (Å²) in [5.74, 6) is 0.685. The van der Waals surface area contributed by atoms with Gasteiger partial charge in [-0.05, 0) is 17.7 Å². The number of anilines is 1. The summed E-state index contributed by atoms with van der Waals surface area (Å²) in [7, 11) is 4.53. The molecule has 0 atom stereocenters. The van der Waals surface area contributed by atoms with Crippen molar-refractivity contribution in [2.24, 2.45) is 5.73 Å². The molecule has 2 amide bonds. The highest BCUT2D eigenvalue weighted by molar-refractivity contribution is 7.13. The number of hydrogen-bond acceptors (Lipinski definition) is 7. The molecule has 8 nitrogen and oxygen atoms in total.